The lowest BCUT2D eigenvalue weighted by molar-refractivity contribution is -0.104. The second kappa shape index (κ2) is 7.08. The molecule has 1 heteroatoms. The van der Waals surface area contributed by atoms with E-state index in [1.807, 2.05) is 6.08 Å². The molecule has 0 fully saturated rings. The first-order valence-electron chi connectivity index (χ1n) is 4.84. The number of carbonyl (C=O) groups is 1. The summed E-state index contributed by atoms with van der Waals surface area (Å²) in [7, 11) is 0. The Morgan fingerprint density at radius 2 is 2.00 bits per heavy atom. The van der Waals surface area contributed by atoms with Gasteiger partial charge in [-0.1, -0.05) is 46.1 Å². The lowest BCUT2D eigenvalue weighted by Gasteiger charge is -2.15. The van der Waals surface area contributed by atoms with Crippen LogP contribution in [-0.2, 0) is 4.79 Å². The molecule has 0 bridgehead atoms. The van der Waals surface area contributed by atoms with Crippen LogP contribution in [0.3, 0.4) is 0 Å². The standard InChI is InChI=1S/C11H20O/c1-4-5-7-10(2)11(3)8-6-9-12/h6,8-11H,4-5,7H2,1-3H3. The summed E-state index contributed by atoms with van der Waals surface area (Å²) in [5, 5.41) is 0. The molecule has 2 unspecified atom stereocenters. The largest absolute Gasteiger partial charge is 0.299 e. The summed E-state index contributed by atoms with van der Waals surface area (Å²) in [4.78, 5) is 10.1. The van der Waals surface area contributed by atoms with Crippen molar-refractivity contribution in [2.24, 2.45) is 11.8 Å². The van der Waals surface area contributed by atoms with Gasteiger partial charge in [0.2, 0.25) is 0 Å². The lowest BCUT2D eigenvalue weighted by Crippen LogP contribution is -2.04. The van der Waals surface area contributed by atoms with E-state index in [2.05, 4.69) is 20.8 Å². The Balaban J connectivity index is 3.67. The Morgan fingerprint density at radius 3 is 2.50 bits per heavy atom. The molecule has 0 aliphatic rings. The van der Waals surface area contributed by atoms with Crippen molar-refractivity contribution >= 4 is 6.29 Å². The highest BCUT2D eigenvalue weighted by molar-refractivity contribution is 5.64. The Bertz CT molecular complexity index is 138. The molecule has 0 saturated carbocycles. The molecular weight excluding hydrogens is 148 g/mol. The molecule has 12 heavy (non-hydrogen) atoms. The van der Waals surface area contributed by atoms with E-state index in [0.717, 1.165) is 6.29 Å². The van der Waals surface area contributed by atoms with Crippen LogP contribution in [0.2, 0.25) is 0 Å². The van der Waals surface area contributed by atoms with E-state index < -0.39 is 0 Å². The SMILES string of the molecule is CCCCC(C)C(C)C=CC=O. The van der Waals surface area contributed by atoms with Crippen molar-refractivity contribution in [3.63, 3.8) is 0 Å². The normalized spacial score (nSPS) is 16.2. The summed E-state index contributed by atoms with van der Waals surface area (Å²) in [5.74, 6) is 1.22. The molecule has 0 radical (unpaired) electrons. The van der Waals surface area contributed by atoms with Crippen molar-refractivity contribution in [3.05, 3.63) is 12.2 Å². The maximum absolute atomic E-state index is 10.1. The van der Waals surface area contributed by atoms with Crippen LogP contribution < -0.4 is 0 Å². The fraction of sp³-hybridized carbons (Fsp3) is 0.727. The maximum Gasteiger partial charge on any atom is 0.142 e. The van der Waals surface area contributed by atoms with Crippen molar-refractivity contribution in [3.8, 4) is 0 Å². The van der Waals surface area contributed by atoms with Gasteiger partial charge in [0.25, 0.3) is 0 Å². The molecule has 70 valence electrons. The highest BCUT2D eigenvalue weighted by Crippen LogP contribution is 2.18. The number of rotatable bonds is 6. The van der Waals surface area contributed by atoms with Gasteiger partial charge in [0.1, 0.15) is 6.29 Å². The Labute approximate surface area is 75.9 Å². The van der Waals surface area contributed by atoms with Gasteiger partial charge in [-0.15, -0.1) is 0 Å². The minimum Gasteiger partial charge on any atom is -0.299 e. The van der Waals surface area contributed by atoms with Crippen molar-refractivity contribution in [2.75, 3.05) is 0 Å². The fourth-order valence-corrected chi connectivity index (χ4v) is 1.20. The monoisotopic (exact) mass is 168 g/mol. The predicted octanol–water partition coefficient (Wildman–Crippen LogP) is 3.20. The van der Waals surface area contributed by atoms with Gasteiger partial charge in [-0.2, -0.15) is 0 Å². The lowest BCUT2D eigenvalue weighted by atomic mass is 9.91. The van der Waals surface area contributed by atoms with Gasteiger partial charge >= 0.3 is 0 Å². The van der Waals surface area contributed by atoms with Crippen LogP contribution in [0.5, 0.6) is 0 Å². The Hall–Kier alpha value is -0.590. The van der Waals surface area contributed by atoms with E-state index in [9.17, 15) is 4.79 Å². The predicted molar refractivity (Wildman–Crippen MR) is 53.1 cm³/mol. The Kier molecular flexibility index (Phi) is 6.73. The number of allylic oxidation sites excluding steroid dienone is 2. The minimum absolute atomic E-state index is 0.529. The summed E-state index contributed by atoms with van der Waals surface area (Å²) in [6.07, 6.45) is 8.26. The smallest absolute Gasteiger partial charge is 0.142 e. The highest BCUT2D eigenvalue weighted by atomic mass is 16.1. The van der Waals surface area contributed by atoms with Crippen LogP contribution in [0.15, 0.2) is 12.2 Å². The molecule has 0 aromatic carbocycles. The van der Waals surface area contributed by atoms with Gasteiger partial charge < -0.3 is 0 Å². The van der Waals surface area contributed by atoms with Crippen LogP contribution in [0, 0.1) is 11.8 Å². The summed E-state index contributed by atoms with van der Waals surface area (Å²) in [6, 6.07) is 0. The molecule has 2 atom stereocenters. The summed E-state index contributed by atoms with van der Waals surface area (Å²) >= 11 is 0. The van der Waals surface area contributed by atoms with Gasteiger partial charge in [0.15, 0.2) is 0 Å². The molecule has 0 amide bonds. The zero-order chi connectivity index (χ0) is 9.40. The van der Waals surface area contributed by atoms with E-state index in [-0.39, 0.29) is 0 Å². The molecule has 0 aliphatic heterocycles. The fourth-order valence-electron chi connectivity index (χ4n) is 1.20. The van der Waals surface area contributed by atoms with Crippen LogP contribution >= 0.6 is 0 Å². The van der Waals surface area contributed by atoms with Gasteiger partial charge in [-0.05, 0) is 17.9 Å². The van der Waals surface area contributed by atoms with E-state index in [0.29, 0.717) is 11.8 Å². The third-order valence-electron chi connectivity index (χ3n) is 2.40. The number of carbonyl (C=O) groups excluding carboxylic acids is 1. The number of unbranched alkanes of at least 4 members (excludes halogenated alkanes) is 1. The molecule has 0 aliphatic carbocycles. The van der Waals surface area contributed by atoms with E-state index in [1.54, 1.807) is 6.08 Å². The quantitative estimate of drug-likeness (QED) is 0.439. The molecule has 0 N–H and O–H groups in total. The maximum atomic E-state index is 10.1. The second-order valence-corrected chi connectivity index (χ2v) is 3.50. The minimum atomic E-state index is 0.529. The molecule has 0 heterocycles. The van der Waals surface area contributed by atoms with E-state index in [4.69, 9.17) is 0 Å². The third-order valence-corrected chi connectivity index (χ3v) is 2.40. The number of aldehydes is 1. The topological polar surface area (TPSA) is 17.1 Å². The van der Waals surface area contributed by atoms with Crippen molar-refractivity contribution in [1.29, 1.82) is 0 Å². The number of hydrogen-bond donors (Lipinski definition) is 0. The summed E-state index contributed by atoms with van der Waals surface area (Å²) in [6.45, 7) is 6.62. The summed E-state index contributed by atoms with van der Waals surface area (Å²) in [5.41, 5.74) is 0. The molecule has 0 rings (SSSR count). The van der Waals surface area contributed by atoms with Crippen LogP contribution in [0.1, 0.15) is 40.0 Å². The van der Waals surface area contributed by atoms with E-state index in [1.165, 1.54) is 19.3 Å². The highest BCUT2D eigenvalue weighted by Gasteiger charge is 2.07. The summed E-state index contributed by atoms with van der Waals surface area (Å²) < 4.78 is 0. The zero-order valence-corrected chi connectivity index (χ0v) is 8.42. The van der Waals surface area contributed by atoms with Crippen LogP contribution in [0.4, 0.5) is 0 Å². The van der Waals surface area contributed by atoms with Gasteiger partial charge in [-0.25, -0.2) is 0 Å². The van der Waals surface area contributed by atoms with Gasteiger partial charge in [-0.3, -0.25) is 4.79 Å². The molecule has 0 aromatic heterocycles. The Morgan fingerprint density at radius 1 is 1.33 bits per heavy atom. The molecule has 0 saturated heterocycles. The van der Waals surface area contributed by atoms with Crippen LogP contribution in [0.25, 0.3) is 0 Å². The molecule has 0 spiro atoms. The molecule has 1 nitrogen and oxygen atoms in total. The zero-order valence-electron chi connectivity index (χ0n) is 8.42. The van der Waals surface area contributed by atoms with Crippen molar-refractivity contribution < 1.29 is 4.79 Å². The average Bonchev–Trinajstić information content (AvgIpc) is 2.10. The average molecular weight is 168 g/mol. The van der Waals surface area contributed by atoms with Crippen molar-refractivity contribution in [2.45, 2.75) is 40.0 Å². The van der Waals surface area contributed by atoms with Crippen LogP contribution in [-0.4, -0.2) is 6.29 Å². The molecular formula is C11H20O. The van der Waals surface area contributed by atoms with Gasteiger partial charge in [0.05, 0.1) is 0 Å². The second-order valence-electron chi connectivity index (χ2n) is 3.50. The first-order valence-corrected chi connectivity index (χ1v) is 4.84. The number of hydrogen-bond acceptors (Lipinski definition) is 1. The molecule has 0 aromatic rings. The first kappa shape index (κ1) is 11.4. The first-order chi connectivity index (χ1) is 5.72. The third kappa shape index (κ3) is 5.11. The van der Waals surface area contributed by atoms with Crippen molar-refractivity contribution in [1.82, 2.24) is 0 Å². The van der Waals surface area contributed by atoms with Gasteiger partial charge in [0, 0.05) is 0 Å². The van der Waals surface area contributed by atoms with E-state index >= 15 is 0 Å².